The van der Waals surface area contributed by atoms with Crippen molar-refractivity contribution in [1.29, 1.82) is 0 Å². The number of aryl methyl sites for hydroxylation is 2. The smallest absolute Gasteiger partial charge is 0.261 e. The molecule has 0 saturated carbocycles. The van der Waals surface area contributed by atoms with Crippen LogP contribution in [0.3, 0.4) is 0 Å². The summed E-state index contributed by atoms with van der Waals surface area (Å²) in [6, 6.07) is 14.3. The maximum Gasteiger partial charge on any atom is 0.261 e. The minimum absolute atomic E-state index is 0.104. The lowest BCUT2D eigenvalue weighted by atomic mass is 10.1. The molecule has 0 bridgehead atoms. The van der Waals surface area contributed by atoms with Crippen molar-refractivity contribution in [2.45, 2.75) is 19.9 Å². The number of nitrogens with zero attached hydrogens (tertiary/aromatic N) is 3. The van der Waals surface area contributed by atoms with E-state index in [0.29, 0.717) is 28.2 Å². The topological polar surface area (TPSA) is 86.1 Å². The molecule has 31 heavy (non-hydrogen) atoms. The van der Waals surface area contributed by atoms with Crippen LogP contribution in [0, 0.1) is 12.7 Å². The fraction of sp³-hybridized carbons (Fsp3) is 0.130. The number of benzene rings is 2. The fourth-order valence-electron chi connectivity index (χ4n) is 3.08. The van der Waals surface area contributed by atoms with Crippen molar-refractivity contribution in [1.82, 2.24) is 14.5 Å². The van der Waals surface area contributed by atoms with Crippen LogP contribution >= 0.6 is 0 Å². The summed E-state index contributed by atoms with van der Waals surface area (Å²) in [6.07, 6.45) is 3.03. The molecule has 4 rings (SSSR count). The van der Waals surface area contributed by atoms with Crippen LogP contribution in [-0.2, 0) is 11.3 Å². The lowest BCUT2D eigenvalue weighted by molar-refractivity contribution is -0.116. The van der Waals surface area contributed by atoms with Gasteiger partial charge in [-0.25, -0.2) is 14.4 Å². The zero-order chi connectivity index (χ0) is 21.8. The van der Waals surface area contributed by atoms with Crippen LogP contribution in [0.1, 0.15) is 12.0 Å². The van der Waals surface area contributed by atoms with Crippen molar-refractivity contribution in [2.75, 3.05) is 5.32 Å². The van der Waals surface area contributed by atoms with E-state index >= 15 is 0 Å². The van der Waals surface area contributed by atoms with Crippen LogP contribution in [0.25, 0.3) is 10.9 Å². The van der Waals surface area contributed by atoms with Crippen molar-refractivity contribution in [3.05, 3.63) is 88.9 Å². The predicted octanol–water partition coefficient (Wildman–Crippen LogP) is 4.06. The average Bonchev–Trinajstić information content (AvgIpc) is 2.77. The van der Waals surface area contributed by atoms with Gasteiger partial charge in [0.2, 0.25) is 11.8 Å². The van der Waals surface area contributed by atoms with Crippen molar-refractivity contribution >= 4 is 22.5 Å². The van der Waals surface area contributed by atoms with Gasteiger partial charge in [0.15, 0.2) is 0 Å². The van der Waals surface area contributed by atoms with E-state index in [-0.39, 0.29) is 30.2 Å². The number of aromatic nitrogens is 3. The minimum Gasteiger partial charge on any atom is -0.439 e. The number of para-hydroxylation sites is 1. The van der Waals surface area contributed by atoms with Crippen LogP contribution in [0.15, 0.2) is 71.9 Å². The Morgan fingerprint density at radius 1 is 1.10 bits per heavy atom. The van der Waals surface area contributed by atoms with Crippen molar-refractivity contribution in [3.8, 4) is 11.6 Å². The molecule has 7 nitrogen and oxygen atoms in total. The molecule has 0 fully saturated rings. The Kier molecular flexibility index (Phi) is 5.70. The molecular formula is C23H19FN4O3. The van der Waals surface area contributed by atoms with Gasteiger partial charge in [0, 0.05) is 19.0 Å². The van der Waals surface area contributed by atoms with E-state index < -0.39 is 0 Å². The monoisotopic (exact) mass is 418 g/mol. The van der Waals surface area contributed by atoms with E-state index in [2.05, 4.69) is 15.3 Å². The number of amides is 1. The highest BCUT2D eigenvalue weighted by Gasteiger charge is 2.09. The number of carbonyl (C=O) groups is 1. The van der Waals surface area contributed by atoms with E-state index in [4.69, 9.17) is 4.74 Å². The van der Waals surface area contributed by atoms with Gasteiger partial charge in [0.1, 0.15) is 11.6 Å². The molecular weight excluding hydrogens is 399 g/mol. The number of nitrogens with one attached hydrogen (secondary N) is 1. The highest BCUT2D eigenvalue weighted by atomic mass is 19.1. The largest absolute Gasteiger partial charge is 0.439 e. The third kappa shape index (κ3) is 4.75. The van der Waals surface area contributed by atoms with Crippen molar-refractivity contribution in [3.63, 3.8) is 0 Å². The Morgan fingerprint density at radius 2 is 1.90 bits per heavy atom. The minimum atomic E-state index is -0.352. The number of ether oxygens (including phenoxy) is 1. The second-order valence-electron chi connectivity index (χ2n) is 6.95. The summed E-state index contributed by atoms with van der Waals surface area (Å²) in [5.74, 6) is 0.157. The van der Waals surface area contributed by atoms with Gasteiger partial charge in [-0.3, -0.25) is 14.2 Å². The van der Waals surface area contributed by atoms with Crippen molar-refractivity contribution < 1.29 is 13.9 Å². The molecule has 0 aliphatic rings. The third-order valence-corrected chi connectivity index (χ3v) is 4.69. The molecule has 0 radical (unpaired) electrons. The summed E-state index contributed by atoms with van der Waals surface area (Å²) in [7, 11) is 0. The number of anilines is 1. The molecule has 0 aliphatic heterocycles. The summed E-state index contributed by atoms with van der Waals surface area (Å²) in [4.78, 5) is 33.4. The SMILES string of the molecule is Cc1cccc2c(=O)n(CCC(=O)Nc3ccc(Oc4ccc(F)cc4)nc3)cnc12. The van der Waals surface area contributed by atoms with E-state index in [1.165, 1.54) is 41.4 Å². The Bertz CT molecular complexity index is 1290. The van der Waals surface area contributed by atoms with Crippen LogP contribution in [-0.4, -0.2) is 20.4 Å². The van der Waals surface area contributed by atoms with Crippen LogP contribution in [0.4, 0.5) is 10.1 Å². The van der Waals surface area contributed by atoms with E-state index in [1.54, 1.807) is 18.2 Å². The quantitative estimate of drug-likeness (QED) is 0.510. The molecule has 2 aromatic heterocycles. The predicted molar refractivity (Wildman–Crippen MR) is 115 cm³/mol. The van der Waals surface area contributed by atoms with E-state index in [9.17, 15) is 14.0 Å². The summed E-state index contributed by atoms with van der Waals surface area (Å²) in [5, 5.41) is 3.27. The normalized spacial score (nSPS) is 10.8. The van der Waals surface area contributed by atoms with E-state index in [1.807, 2.05) is 19.1 Å². The van der Waals surface area contributed by atoms with Gasteiger partial charge in [0.05, 0.1) is 29.1 Å². The third-order valence-electron chi connectivity index (χ3n) is 4.69. The first kappa shape index (κ1) is 20.2. The number of pyridine rings is 1. The molecule has 8 heteroatoms. The number of hydrogen-bond acceptors (Lipinski definition) is 5. The van der Waals surface area contributed by atoms with Crippen LogP contribution in [0.5, 0.6) is 11.6 Å². The van der Waals surface area contributed by atoms with Crippen molar-refractivity contribution in [2.24, 2.45) is 0 Å². The summed E-state index contributed by atoms with van der Waals surface area (Å²) in [5.41, 5.74) is 1.92. The summed E-state index contributed by atoms with van der Waals surface area (Å²) < 4.78 is 19.9. The number of fused-ring (bicyclic) bond motifs is 1. The zero-order valence-corrected chi connectivity index (χ0v) is 16.7. The number of rotatable bonds is 6. The lowest BCUT2D eigenvalue weighted by Gasteiger charge is -2.09. The highest BCUT2D eigenvalue weighted by Crippen LogP contribution is 2.20. The molecule has 2 aromatic carbocycles. The second-order valence-corrected chi connectivity index (χ2v) is 6.95. The molecule has 4 aromatic rings. The molecule has 0 atom stereocenters. The maximum atomic E-state index is 12.9. The highest BCUT2D eigenvalue weighted by molar-refractivity contribution is 5.90. The first-order valence-electron chi connectivity index (χ1n) is 9.64. The van der Waals surface area contributed by atoms with Gasteiger partial charge in [0.25, 0.3) is 5.56 Å². The molecule has 0 unspecified atom stereocenters. The Labute approximate surface area is 177 Å². The van der Waals surface area contributed by atoms with Gasteiger partial charge < -0.3 is 10.1 Å². The maximum absolute atomic E-state index is 12.9. The van der Waals surface area contributed by atoms with Crippen LogP contribution < -0.4 is 15.6 Å². The Balaban J connectivity index is 1.36. The van der Waals surface area contributed by atoms with Gasteiger partial charge in [-0.1, -0.05) is 12.1 Å². The molecule has 0 saturated heterocycles. The second kappa shape index (κ2) is 8.74. The lowest BCUT2D eigenvalue weighted by Crippen LogP contribution is -2.23. The summed E-state index contributed by atoms with van der Waals surface area (Å²) >= 11 is 0. The Morgan fingerprint density at radius 3 is 2.65 bits per heavy atom. The zero-order valence-electron chi connectivity index (χ0n) is 16.7. The molecule has 1 N–H and O–H groups in total. The fourth-order valence-corrected chi connectivity index (χ4v) is 3.08. The number of carbonyl (C=O) groups excluding carboxylic acids is 1. The molecule has 156 valence electrons. The van der Waals surface area contributed by atoms with Gasteiger partial charge in [-0.05, 0) is 48.9 Å². The molecule has 1 amide bonds. The first-order valence-corrected chi connectivity index (χ1v) is 9.64. The molecule has 0 aliphatic carbocycles. The number of halogens is 1. The Hall–Kier alpha value is -4.07. The average molecular weight is 418 g/mol. The molecule has 2 heterocycles. The molecule has 0 spiro atoms. The number of hydrogen-bond donors (Lipinski definition) is 1. The van der Waals surface area contributed by atoms with Gasteiger partial charge >= 0.3 is 0 Å². The van der Waals surface area contributed by atoms with E-state index in [0.717, 1.165) is 5.56 Å². The van der Waals surface area contributed by atoms with Gasteiger partial charge in [-0.2, -0.15) is 0 Å². The van der Waals surface area contributed by atoms with Crippen LogP contribution in [0.2, 0.25) is 0 Å². The first-order chi connectivity index (χ1) is 15.0. The van der Waals surface area contributed by atoms with Gasteiger partial charge in [-0.15, -0.1) is 0 Å². The standard InChI is InChI=1S/C23H19FN4O3/c1-15-3-2-4-19-22(15)26-14-28(23(19)30)12-11-20(29)27-17-7-10-21(25-13-17)31-18-8-5-16(24)6-9-18/h2-10,13-14H,11-12H2,1H3,(H,27,29). The summed E-state index contributed by atoms with van der Waals surface area (Å²) in [6.45, 7) is 2.11.